The van der Waals surface area contributed by atoms with Crippen molar-refractivity contribution >= 4 is 0 Å². The molecule has 1 aromatic rings. The molecule has 3 nitrogen and oxygen atoms in total. The molecule has 0 aromatic carbocycles. The minimum Gasteiger partial charge on any atom is -0.380 e. The first kappa shape index (κ1) is 12.1. The smallest absolute Gasteiger partial charge is 0.0590 e. The monoisotopic (exact) mass is 208 g/mol. The van der Waals surface area contributed by atoms with Gasteiger partial charge in [0.15, 0.2) is 0 Å². The summed E-state index contributed by atoms with van der Waals surface area (Å²) in [7, 11) is 0. The Labute approximate surface area is 91.9 Å². The third kappa shape index (κ3) is 5.50. The zero-order valence-electron chi connectivity index (χ0n) is 9.57. The van der Waals surface area contributed by atoms with Crippen LogP contribution in [0.1, 0.15) is 19.5 Å². The van der Waals surface area contributed by atoms with E-state index in [2.05, 4.69) is 23.3 Å². The van der Waals surface area contributed by atoms with Crippen LogP contribution in [0.15, 0.2) is 24.4 Å². The van der Waals surface area contributed by atoms with Crippen molar-refractivity contribution in [2.75, 3.05) is 19.8 Å². The molecule has 0 bridgehead atoms. The van der Waals surface area contributed by atoms with Crippen molar-refractivity contribution in [2.24, 2.45) is 0 Å². The van der Waals surface area contributed by atoms with Gasteiger partial charge in [-0.25, -0.2) is 0 Å². The molecule has 15 heavy (non-hydrogen) atoms. The van der Waals surface area contributed by atoms with E-state index in [1.54, 1.807) is 0 Å². The molecule has 0 aliphatic rings. The summed E-state index contributed by atoms with van der Waals surface area (Å²) in [6, 6.07) is 6.47. The predicted molar refractivity (Wildman–Crippen MR) is 61.9 cm³/mol. The third-order valence-corrected chi connectivity index (χ3v) is 2.18. The molecule has 0 aliphatic heterocycles. The summed E-state index contributed by atoms with van der Waals surface area (Å²) in [6.07, 6.45) is 2.80. The topological polar surface area (TPSA) is 34.1 Å². The highest BCUT2D eigenvalue weighted by Gasteiger charge is 2.02. The standard InChI is InChI=1S/C12H20N2O/c1-3-15-9-8-13-11(2)10-12-6-4-5-7-14-12/h4-7,11,13H,3,8-10H2,1-2H3. The molecule has 1 aromatic heterocycles. The van der Waals surface area contributed by atoms with E-state index < -0.39 is 0 Å². The van der Waals surface area contributed by atoms with E-state index in [4.69, 9.17) is 4.74 Å². The highest BCUT2D eigenvalue weighted by molar-refractivity contribution is 5.04. The van der Waals surface area contributed by atoms with E-state index in [0.29, 0.717) is 6.04 Å². The van der Waals surface area contributed by atoms with Crippen LogP contribution in [0.25, 0.3) is 0 Å². The first-order valence-electron chi connectivity index (χ1n) is 5.54. The molecular formula is C12H20N2O. The number of rotatable bonds is 7. The van der Waals surface area contributed by atoms with Crippen molar-refractivity contribution in [3.63, 3.8) is 0 Å². The lowest BCUT2D eigenvalue weighted by Gasteiger charge is -2.12. The van der Waals surface area contributed by atoms with Gasteiger partial charge in [-0.15, -0.1) is 0 Å². The molecule has 0 aliphatic carbocycles. The minimum absolute atomic E-state index is 0.445. The molecule has 84 valence electrons. The molecule has 0 spiro atoms. The molecule has 1 unspecified atom stereocenters. The van der Waals surface area contributed by atoms with E-state index in [0.717, 1.165) is 31.9 Å². The summed E-state index contributed by atoms with van der Waals surface area (Å²) >= 11 is 0. The lowest BCUT2D eigenvalue weighted by Crippen LogP contribution is -2.31. The first-order chi connectivity index (χ1) is 7.33. The molecule has 3 heteroatoms. The van der Waals surface area contributed by atoms with E-state index >= 15 is 0 Å². The Hall–Kier alpha value is -0.930. The maximum absolute atomic E-state index is 5.26. The average Bonchev–Trinajstić information content (AvgIpc) is 2.26. The van der Waals surface area contributed by atoms with Gasteiger partial charge in [-0.2, -0.15) is 0 Å². The summed E-state index contributed by atoms with van der Waals surface area (Å²) in [5.74, 6) is 0. The maximum Gasteiger partial charge on any atom is 0.0590 e. The van der Waals surface area contributed by atoms with Gasteiger partial charge in [-0.05, 0) is 26.0 Å². The highest BCUT2D eigenvalue weighted by atomic mass is 16.5. The van der Waals surface area contributed by atoms with Gasteiger partial charge in [-0.3, -0.25) is 4.98 Å². The zero-order valence-corrected chi connectivity index (χ0v) is 9.57. The zero-order chi connectivity index (χ0) is 10.9. The SMILES string of the molecule is CCOCCNC(C)Cc1ccccn1. The molecule has 1 N–H and O–H groups in total. The van der Waals surface area contributed by atoms with Crippen LogP contribution in [-0.2, 0) is 11.2 Å². The average molecular weight is 208 g/mol. The summed E-state index contributed by atoms with van der Waals surface area (Å²) in [5.41, 5.74) is 1.13. The number of hydrogen-bond donors (Lipinski definition) is 1. The molecule has 0 amide bonds. The van der Waals surface area contributed by atoms with Gasteiger partial charge < -0.3 is 10.1 Å². The van der Waals surface area contributed by atoms with Gasteiger partial charge in [-0.1, -0.05) is 6.07 Å². The molecule has 0 radical (unpaired) electrons. The van der Waals surface area contributed by atoms with Crippen LogP contribution < -0.4 is 5.32 Å². The normalized spacial score (nSPS) is 12.7. The lowest BCUT2D eigenvalue weighted by molar-refractivity contribution is 0.147. The van der Waals surface area contributed by atoms with Crippen molar-refractivity contribution in [1.82, 2.24) is 10.3 Å². The van der Waals surface area contributed by atoms with E-state index in [9.17, 15) is 0 Å². The number of hydrogen-bond acceptors (Lipinski definition) is 3. The summed E-state index contributed by atoms with van der Waals surface area (Å²) in [5, 5.41) is 3.40. The number of nitrogens with one attached hydrogen (secondary N) is 1. The Morgan fingerprint density at radius 3 is 3.00 bits per heavy atom. The highest BCUT2D eigenvalue weighted by Crippen LogP contribution is 1.98. The molecule has 1 atom stereocenters. The quantitative estimate of drug-likeness (QED) is 0.692. The van der Waals surface area contributed by atoms with Crippen molar-refractivity contribution in [3.8, 4) is 0 Å². The second kappa shape index (κ2) is 7.37. The summed E-state index contributed by atoms with van der Waals surface area (Å²) in [4.78, 5) is 4.29. The molecular weight excluding hydrogens is 188 g/mol. The Morgan fingerprint density at radius 2 is 2.33 bits per heavy atom. The van der Waals surface area contributed by atoms with Crippen LogP contribution in [0, 0.1) is 0 Å². The summed E-state index contributed by atoms with van der Waals surface area (Å²) in [6.45, 7) is 6.65. The molecule has 1 heterocycles. The third-order valence-electron chi connectivity index (χ3n) is 2.18. The number of ether oxygens (including phenoxy) is 1. The number of nitrogens with zero attached hydrogens (tertiary/aromatic N) is 1. The fourth-order valence-corrected chi connectivity index (χ4v) is 1.43. The molecule has 0 saturated carbocycles. The Morgan fingerprint density at radius 1 is 1.47 bits per heavy atom. The number of aromatic nitrogens is 1. The van der Waals surface area contributed by atoms with Crippen molar-refractivity contribution in [3.05, 3.63) is 30.1 Å². The minimum atomic E-state index is 0.445. The first-order valence-corrected chi connectivity index (χ1v) is 5.54. The van der Waals surface area contributed by atoms with Crippen LogP contribution in [0.4, 0.5) is 0 Å². The fourth-order valence-electron chi connectivity index (χ4n) is 1.43. The van der Waals surface area contributed by atoms with E-state index in [1.807, 2.05) is 25.3 Å². The van der Waals surface area contributed by atoms with Crippen LogP contribution in [0.3, 0.4) is 0 Å². The van der Waals surface area contributed by atoms with Gasteiger partial charge in [0.25, 0.3) is 0 Å². The maximum atomic E-state index is 5.26. The van der Waals surface area contributed by atoms with E-state index in [-0.39, 0.29) is 0 Å². The lowest BCUT2D eigenvalue weighted by atomic mass is 10.1. The predicted octanol–water partition coefficient (Wildman–Crippen LogP) is 1.64. The van der Waals surface area contributed by atoms with Gasteiger partial charge in [0, 0.05) is 37.5 Å². The fraction of sp³-hybridized carbons (Fsp3) is 0.583. The van der Waals surface area contributed by atoms with Crippen LogP contribution in [0.2, 0.25) is 0 Å². The largest absolute Gasteiger partial charge is 0.380 e. The Balaban J connectivity index is 2.16. The number of pyridine rings is 1. The second-order valence-electron chi connectivity index (χ2n) is 3.58. The van der Waals surface area contributed by atoms with Crippen LogP contribution in [-0.4, -0.2) is 30.8 Å². The van der Waals surface area contributed by atoms with Crippen LogP contribution in [0.5, 0.6) is 0 Å². The van der Waals surface area contributed by atoms with Crippen LogP contribution >= 0.6 is 0 Å². The molecule has 0 fully saturated rings. The van der Waals surface area contributed by atoms with Gasteiger partial charge in [0.05, 0.1) is 6.61 Å². The van der Waals surface area contributed by atoms with Gasteiger partial charge in [0.2, 0.25) is 0 Å². The molecule has 1 rings (SSSR count). The second-order valence-corrected chi connectivity index (χ2v) is 3.58. The Kier molecular flexibility index (Phi) is 5.97. The van der Waals surface area contributed by atoms with Crippen molar-refractivity contribution < 1.29 is 4.74 Å². The van der Waals surface area contributed by atoms with Crippen molar-refractivity contribution in [1.29, 1.82) is 0 Å². The Bertz CT molecular complexity index is 251. The van der Waals surface area contributed by atoms with E-state index in [1.165, 1.54) is 0 Å². The van der Waals surface area contributed by atoms with Gasteiger partial charge in [0.1, 0.15) is 0 Å². The van der Waals surface area contributed by atoms with Crippen molar-refractivity contribution in [2.45, 2.75) is 26.3 Å². The molecule has 0 saturated heterocycles. The summed E-state index contributed by atoms with van der Waals surface area (Å²) < 4.78 is 5.26. The van der Waals surface area contributed by atoms with Gasteiger partial charge >= 0.3 is 0 Å².